The minimum absolute atomic E-state index is 0.112. The van der Waals surface area contributed by atoms with E-state index in [-0.39, 0.29) is 11.9 Å². The van der Waals surface area contributed by atoms with Crippen molar-refractivity contribution in [1.29, 1.82) is 0 Å². The largest absolute Gasteiger partial charge is 0.354 e. The van der Waals surface area contributed by atoms with Crippen molar-refractivity contribution in [3.63, 3.8) is 0 Å². The molecule has 0 radical (unpaired) electrons. The molecular formula is C14H26N4O. The van der Waals surface area contributed by atoms with Crippen LogP contribution >= 0.6 is 0 Å². The van der Waals surface area contributed by atoms with Crippen molar-refractivity contribution < 1.29 is 4.79 Å². The molecule has 0 spiro atoms. The predicted octanol–water partition coefficient (Wildman–Crippen LogP) is 1.39. The molecule has 5 heteroatoms. The highest BCUT2D eigenvalue weighted by molar-refractivity contribution is 5.76. The van der Waals surface area contributed by atoms with Gasteiger partial charge in [-0.05, 0) is 46.7 Å². The monoisotopic (exact) mass is 266 g/mol. The maximum absolute atomic E-state index is 11.4. The van der Waals surface area contributed by atoms with Crippen LogP contribution in [0.1, 0.15) is 38.1 Å². The van der Waals surface area contributed by atoms with Gasteiger partial charge in [0, 0.05) is 31.2 Å². The molecule has 0 aliphatic rings. The number of nitrogens with zero attached hydrogens (tertiary/aromatic N) is 2. The standard InChI is InChI=1S/C14H26N4O/c1-11(2)16-14(19)6-8-15-7-5-9-18-13(4)10-12(3)17-18/h10-11,15H,5-9H2,1-4H3,(H,16,19). The van der Waals surface area contributed by atoms with Crippen molar-refractivity contribution >= 4 is 5.91 Å². The second-order valence-corrected chi connectivity index (χ2v) is 5.23. The van der Waals surface area contributed by atoms with Crippen LogP contribution in [-0.2, 0) is 11.3 Å². The van der Waals surface area contributed by atoms with Gasteiger partial charge in [-0.2, -0.15) is 5.10 Å². The first-order valence-corrected chi connectivity index (χ1v) is 7.00. The van der Waals surface area contributed by atoms with Crippen LogP contribution in [0.2, 0.25) is 0 Å². The molecule has 0 atom stereocenters. The number of carbonyl (C=O) groups excluding carboxylic acids is 1. The number of hydrogen-bond acceptors (Lipinski definition) is 3. The minimum Gasteiger partial charge on any atom is -0.354 e. The molecule has 1 heterocycles. The highest BCUT2D eigenvalue weighted by Gasteiger charge is 2.02. The lowest BCUT2D eigenvalue weighted by atomic mass is 10.3. The number of rotatable bonds is 8. The summed E-state index contributed by atoms with van der Waals surface area (Å²) >= 11 is 0. The summed E-state index contributed by atoms with van der Waals surface area (Å²) in [6.45, 7) is 10.6. The molecule has 1 rings (SSSR count). The summed E-state index contributed by atoms with van der Waals surface area (Å²) in [4.78, 5) is 11.4. The number of nitrogens with one attached hydrogen (secondary N) is 2. The smallest absolute Gasteiger partial charge is 0.221 e. The second kappa shape index (κ2) is 7.94. The van der Waals surface area contributed by atoms with Crippen LogP contribution in [0.25, 0.3) is 0 Å². The molecule has 0 aliphatic carbocycles. The zero-order valence-electron chi connectivity index (χ0n) is 12.5. The van der Waals surface area contributed by atoms with Crippen molar-refractivity contribution in [3.8, 4) is 0 Å². The van der Waals surface area contributed by atoms with E-state index in [2.05, 4.69) is 28.7 Å². The molecule has 1 aromatic rings. The van der Waals surface area contributed by atoms with Gasteiger partial charge in [0.15, 0.2) is 0 Å². The van der Waals surface area contributed by atoms with Crippen LogP contribution in [0, 0.1) is 13.8 Å². The lowest BCUT2D eigenvalue weighted by Gasteiger charge is -2.09. The van der Waals surface area contributed by atoms with Gasteiger partial charge in [-0.15, -0.1) is 0 Å². The maximum atomic E-state index is 11.4. The number of hydrogen-bond donors (Lipinski definition) is 2. The summed E-state index contributed by atoms with van der Waals surface area (Å²) in [6, 6.07) is 2.31. The van der Waals surface area contributed by atoms with E-state index in [1.54, 1.807) is 0 Å². The Labute approximate surface area is 115 Å². The summed E-state index contributed by atoms with van der Waals surface area (Å²) in [6.07, 6.45) is 1.56. The van der Waals surface area contributed by atoms with Gasteiger partial charge in [0.25, 0.3) is 0 Å². The SMILES string of the molecule is Cc1cc(C)n(CCCNCCC(=O)NC(C)C)n1. The van der Waals surface area contributed by atoms with Crippen LogP contribution in [-0.4, -0.2) is 34.8 Å². The third-order valence-electron chi connectivity index (χ3n) is 2.81. The number of aromatic nitrogens is 2. The number of carbonyl (C=O) groups is 1. The summed E-state index contributed by atoms with van der Waals surface area (Å²) in [5.41, 5.74) is 2.27. The van der Waals surface area contributed by atoms with Crippen LogP contribution in [0.15, 0.2) is 6.07 Å². The quantitative estimate of drug-likeness (QED) is 0.699. The first-order valence-electron chi connectivity index (χ1n) is 7.00. The van der Waals surface area contributed by atoms with Crippen molar-refractivity contribution in [1.82, 2.24) is 20.4 Å². The third-order valence-corrected chi connectivity index (χ3v) is 2.81. The normalized spacial score (nSPS) is 11.0. The highest BCUT2D eigenvalue weighted by atomic mass is 16.1. The molecule has 2 N–H and O–H groups in total. The maximum Gasteiger partial charge on any atom is 0.221 e. The molecule has 0 aliphatic heterocycles. The molecule has 0 saturated heterocycles. The van der Waals surface area contributed by atoms with Crippen LogP contribution < -0.4 is 10.6 Å². The second-order valence-electron chi connectivity index (χ2n) is 5.23. The number of aryl methyl sites for hydroxylation is 3. The Bertz CT molecular complexity index is 398. The van der Waals surface area contributed by atoms with Crippen molar-refractivity contribution in [2.45, 2.75) is 53.1 Å². The van der Waals surface area contributed by atoms with Crippen LogP contribution in [0.5, 0.6) is 0 Å². The van der Waals surface area contributed by atoms with E-state index < -0.39 is 0 Å². The van der Waals surface area contributed by atoms with Gasteiger partial charge >= 0.3 is 0 Å². The predicted molar refractivity (Wildman–Crippen MR) is 77.1 cm³/mol. The molecule has 19 heavy (non-hydrogen) atoms. The zero-order valence-corrected chi connectivity index (χ0v) is 12.5. The lowest BCUT2D eigenvalue weighted by molar-refractivity contribution is -0.121. The fourth-order valence-electron chi connectivity index (χ4n) is 1.98. The Morgan fingerprint density at radius 2 is 2.11 bits per heavy atom. The van der Waals surface area contributed by atoms with E-state index in [0.717, 1.165) is 31.7 Å². The molecular weight excluding hydrogens is 240 g/mol. The van der Waals surface area contributed by atoms with Crippen molar-refractivity contribution in [3.05, 3.63) is 17.5 Å². The minimum atomic E-state index is 0.112. The molecule has 1 amide bonds. The average Bonchev–Trinajstić information content (AvgIpc) is 2.61. The van der Waals surface area contributed by atoms with E-state index in [1.165, 1.54) is 5.69 Å². The summed E-state index contributed by atoms with van der Waals surface area (Å²) in [5, 5.41) is 10.6. The molecule has 1 aromatic heterocycles. The Morgan fingerprint density at radius 1 is 1.37 bits per heavy atom. The number of amides is 1. The van der Waals surface area contributed by atoms with E-state index in [9.17, 15) is 4.79 Å². The van der Waals surface area contributed by atoms with Gasteiger partial charge in [0.05, 0.1) is 5.69 Å². The summed E-state index contributed by atoms with van der Waals surface area (Å²) in [7, 11) is 0. The Balaban J connectivity index is 2.05. The van der Waals surface area contributed by atoms with E-state index in [0.29, 0.717) is 6.42 Å². The molecule has 5 nitrogen and oxygen atoms in total. The zero-order chi connectivity index (χ0) is 14.3. The molecule has 108 valence electrons. The van der Waals surface area contributed by atoms with Crippen LogP contribution in [0.4, 0.5) is 0 Å². The first-order chi connectivity index (χ1) is 8.99. The van der Waals surface area contributed by atoms with Crippen molar-refractivity contribution in [2.75, 3.05) is 13.1 Å². The fourth-order valence-corrected chi connectivity index (χ4v) is 1.98. The van der Waals surface area contributed by atoms with Gasteiger partial charge in [0.1, 0.15) is 0 Å². The lowest BCUT2D eigenvalue weighted by Crippen LogP contribution is -2.32. The molecule has 0 aromatic carbocycles. The van der Waals surface area contributed by atoms with Gasteiger partial charge in [-0.25, -0.2) is 0 Å². The van der Waals surface area contributed by atoms with E-state index >= 15 is 0 Å². The molecule has 0 saturated carbocycles. The van der Waals surface area contributed by atoms with Gasteiger partial charge in [0.2, 0.25) is 5.91 Å². The molecule has 0 bridgehead atoms. The summed E-state index contributed by atoms with van der Waals surface area (Å²) < 4.78 is 2.03. The van der Waals surface area contributed by atoms with Crippen molar-refractivity contribution in [2.24, 2.45) is 0 Å². The third kappa shape index (κ3) is 6.38. The molecule has 0 fully saturated rings. The molecule has 0 unspecified atom stereocenters. The fraction of sp³-hybridized carbons (Fsp3) is 0.714. The van der Waals surface area contributed by atoms with E-state index in [4.69, 9.17) is 0 Å². The van der Waals surface area contributed by atoms with Gasteiger partial charge < -0.3 is 10.6 Å². The van der Waals surface area contributed by atoms with Crippen LogP contribution in [0.3, 0.4) is 0 Å². The van der Waals surface area contributed by atoms with Gasteiger partial charge in [-0.1, -0.05) is 0 Å². The topological polar surface area (TPSA) is 59.0 Å². The average molecular weight is 266 g/mol. The first kappa shape index (κ1) is 15.7. The highest BCUT2D eigenvalue weighted by Crippen LogP contribution is 2.02. The Morgan fingerprint density at radius 3 is 2.68 bits per heavy atom. The summed E-state index contributed by atoms with van der Waals surface area (Å²) in [5.74, 6) is 0.112. The Hall–Kier alpha value is -1.36. The van der Waals surface area contributed by atoms with Gasteiger partial charge in [-0.3, -0.25) is 9.48 Å². The Kier molecular flexibility index (Phi) is 6.56. The van der Waals surface area contributed by atoms with E-state index in [1.807, 2.05) is 25.5 Å².